The van der Waals surface area contributed by atoms with E-state index in [1.807, 2.05) is 50.2 Å². The zero-order chi connectivity index (χ0) is 15.9. The Kier molecular flexibility index (Phi) is 5.67. The number of halogens is 1. The minimum atomic E-state index is -0.131. The van der Waals surface area contributed by atoms with Gasteiger partial charge >= 0.3 is 0 Å². The van der Waals surface area contributed by atoms with Crippen LogP contribution in [0.25, 0.3) is 0 Å². The van der Waals surface area contributed by atoms with E-state index in [-0.39, 0.29) is 12.5 Å². The van der Waals surface area contributed by atoms with Crippen LogP contribution in [-0.4, -0.2) is 19.1 Å². The summed E-state index contributed by atoms with van der Waals surface area (Å²) in [6.07, 6.45) is 0. The van der Waals surface area contributed by atoms with Gasteiger partial charge in [-0.15, -0.1) is 0 Å². The summed E-state index contributed by atoms with van der Waals surface area (Å²) in [6.45, 7) is 4.59. The van der Waals surface area contributed by atoms with Gasteiger partial charge in [-0.3, -0.25) is 4.79 Å². The van der Waals surface area contributed by atoms with Gasteiger partial charge in [-0.2, -0.15) is 0 Å². The first-order valence-electron chi connectivity index (χ1n) is 7.12. The van der Waals surface area contributed by atoms with Crippen molar-refractivity contribution >= 4 is 28.9 Å². The van der Waals surface area contributed by atoms with Crippen molar-refractivity contribution in [3.8, 4) is 5.75 Å². The number of carbonyl (C=O) groups is 1. The van der Waals surface area contributed by atoms with Crippen LogP contribution in [0, 0.1) is 6.92 Å². The quantitative estimate of drug-likeness (QED) is 0.843. The molecular weight excluding hydrogens is 300 g/mol. The molecule has 1 amide bonds. The molecule has 2 N–H and O–H groups in total. The van der Waals surface area contributed by atoms with Crippen molar-refractivity contribution in [3.63, 3.8) is 0 Å². The van der Waals surface area contributed by atoms with E-state index in [0.717, 1.165) is 17.0 Å². The maximum absolute atomic E-state index is 12.0. The molecule has 0 saturated carbocycles. The molecule has 22 heavy (non-hydrogen) atoms. The van der Waals surface area contributed by atoms with Crippen molar-refractivity contribution in [1.29, 1.82) is 0 Å². The second-order valence-corrected chi connectivity index (χ2v) is 5.18. The Bertz CT molecular complexity index is 659. The van der Waals surface area contributed by atoms with E-state index in [4.69, 9.17) is 16.3 Å². The van der Waals surface area contributed by atoms with E-state index in [1.54, 1.807) is 6.07 Å². The molecule has 0 saturated heterocycles. The smallest absolute Gasteiger partial charge is 0.243 e. The predicted octanol–water partition coefficient (Wildman–Crippen LogP) is 4.10. The van der Waals surface area contributed by atoms with Gasteiger partial charge in [0.25, 0.3) is 0 Å². The molecule has 2 rings (SSSR count). The summed E-state index contributed by atoms with van der Waals surface area (Å²) in [7, 11) is 0. The van der Waals surface area contributed by atoms with Gasteiger partial charge < -0.3 is 15.4 Å². The first-order valence-corrected chi connectivity index (χ1v) is 7.49. The van der Waals surface area contributed by atoms with Crippen LogP contribution in [0.4, 0.5) is 11.4 Å². The van der Waals surface area contributed by atoms with E-state index in [2.05, 4.69) is 10.6 Å². The third kappa shape index (κ3) is 4.40. The molecule has 0 unspecified atom stereocenters. The molecule has 0 aromatic heterocycles. The summed E-state index contributed by atoms with van der Waals surface area (Å²) >= 11 is 6.05. The zero-order valence-electron chi connectivity index (χ0n) is 12.7. The Labute approximate surface area is 135 Å². The van der Waals surface area contributed by atoms with Gasteiger partial charge in [0.1, 0.15) is 5.75 Å². The number of benzene rings is 2. The zero-order valence-corrected chi connectivity index (χ0v) is 13.4. The number of amides is 1. The number of ether oxygens (including phenoxy) is 1. The normalized spacial score (nSPS) is 10.1. The van der Waals surface area contributed by atoms with E-state index in [0.29, 0.717) is 17.3 Å². The van der Waals surface area contributed by atoms with Crippen molar-refractivity contribution in [1.82, 2.24) is 0 Å². The number of anilines is 2. The summed E-state index contributed by atoms with van der Waals surface area (Å²) in [5.41, 5.74) is 2.49. The molecule has 0 aliphatic carbocycles. The molecular formula is C17H19ClN2O2. The van der Waals surface area contributed by atoms with Crippen LogP contribution in [0.3, 0.4) is 0 Å². The Balaban J connectivity index is 1.93. The Morgan fingerprint density at radius 1 is 1.23 bits per heavy atom. The van der Waals surface area contributed by atoms with E-state index in [1.165, 1.54) is 0 Å². The van der Waals surface area contributed by atoms with Crippen molar-refractivity contribution in [2.45, 2.75) is 13.8 Å². The fourth-order valence-corrected chi connectivity index (χ4v) is 2.18. The van der Waals surface area contributed by atoms with Crippen LogP contribution < -0.4 is 15.4 Å². The van der Waals surface area contributed by atoms with Crippen molar-refractivity contribution < 1.29 is 9.53 Å². The van der Waals surface area contributed by atoms with Crippen molar-refractivity contribution in [2.75, 3.05) is 23.8 Å². The van der Waals surface area contributed by atoms with Gasteiger partial charge in [-0.05, 0) is 43.7 Å². The number of hydrogen-bond donors (Lipinski definition) is 2. The maximum atomic E-state index is 12.0. The first kappa shape index (κ1) is 16.2. The second kappa shape index (κ2) is 7.71. The molecule has 0 spiro atoms. The van der Waals surface area contributed by atoms with Crippen molar-refractivity contribution in [2.24, 2.45) is 0 Å². The third-order valence-corrected chi connectivity index (χ3v) is 3.55. The molecule has 0 bridgehead atoms. The van der Waals surface area contributed by atoms with Gasteiger partial charge in [0, 0.05) is 22.5 Å². The van der Waals surface area contributed by atoms with Gasteiger partial charge in [0.15, 0.2) is 0 Å². The highest BCUT2D eigenvalue weighted by Gasteiger charge is 2.06. The monoisotopic (exact) mass is 318 g/mol. The molecule has 0 fully saturated rings. The highest BCUT2D eigenvalue weighted by molar-refractivity contribution is 6.31. The first-order chi connectivity index (χ1) is 10.6. The lowest BCUT2D eigenvalue weighted by Crippen LogP contribution is -2.22. The number of hydrogen-bond acceptors (Lipinski definition) is 3. The maximum Gasteiger partial charge on any atom is 0.243 e. The van der Waals surface area contributed by atoms with Gasteiger partial charge in [0.2, 0.25) is 5.91 Å². The SMILES string of the molecule is CCOc1cccc(NC(=O)CNc2cccc(Cl)c2C)c1. The summed E-state index contributed by atoms with van der Waals surface area (Å²) in [6, 6.07) is 12.9. The van der Waals surface area contributed by atoms with Gasteiger partial charge in [-0.25, -0.2) is 0 Å². The Hall–Kier alpha value is -2.20. The van der Waals surface area contributed by atoms with Crippen LogP contribution in [0.15, 0.2) is 42.5 Å². The van der Waals surface area contributed by atoms with E-state index >= 15 is 0 Å². The number of nitrogens with one attached hydrogen (secondary N) is 2. The lowest BCUT2D eigenvalue weighted by atomic mass is 10.2. The largest absolute Gasteiger partial charge is 0.494 e. The highest BCUT2D eigenvalue weighted by atomic mass is 35.5. The lowest BCUT2D eigenvalue weighted by Gasteiger charge is -2.11. The molecule has 5 heteroatoms. The molecule has 0 aliphatic rings. The molecule has 0 heterocycles. The molecule has 2 aromatic carbocycles. The summed E-state index contributed by atoms with van der Waals surface area (Å²) in [5, 5.41) is 6.59. The predicted molar refractivity (Wildman–Crippen MR) is 90.9 cm³/mol. The molecule has 0 aliphatic heterocycles. The average molecular weight is 319 g/mol. The molecule has 0 atom stereocenters. The minimum Gasteiger partial charge on any atom is -0.494 e. The lowest BCUT2D eigenvalue weighted by molar-refractivity contribution is -0.114. The number of carbonyl (C=O) groups excluding carboxylic acids is 1. The van der Waals surface area contributed by atoms with E-state index in [9.17, 15) is 4.79 Å². The van der Waals surface area contributed by atoms with Gasteiger partial charge in [0.05, 0.1) is 13.2 Å². The third-order valence-electron chi connectivity index (χ3n) is 3.14. The molecule has 0 radical (unpaired) electrons. The Morgan fingerprint density at radius 3 is 2.77 bits per heavy atom. The fourth-order valence-electron chi connectivity index (χ4n) is 2.01. The van der Waals surface area contributed by atoms with Crippen LogP contribution >= 0.6 is 11.6 Å². The van der Waals surface area contributed by atoms with Crippen LogP contribution in [0.2, 0.25) is 5.02 Å². The van der Waals surface area contributed by atoms with Crippen LogP contribution in [-0.2, 0) is 4.79 Å². The second-order valence-electron chi connectivity index (χ2n) is 4.77. The standard InChI is InChI=1S/C17H19ClN2O2/c1-3-22-14-7-4-6-13(10-14)20-17(21)11-19-16-9-5-8-15(18)12(16)2/h4-10,19H,3,11H2,1-2H3,(H,20,21). The summed E-state index contributed by atoms with van der Waals surface area (Å²) in [5.74, 6) is 0.604. The summed E-state index contributed by atoms with van der Waals surface area (Å²) in [4.78, 5) is 12.0. The number of rotatable bonds is 6. The van der Waals surface area contributed by atoms with Crippen LogP contribution in [0.5, 0.6) is 5.75 Å². The van der Waals surface area contributed by atoms with E-state index < -0.39 is 0 Å². The average Bonchev–Trinajstić information content (AvgIpc) is 2.49. The molecule has 4 nitrogen and oxygen atoms in total. The highest BCUT2D eigenvalue weighted by Crippen LogP contribution is 2.22. The Morgan fingerprint density at radius 2 is 2.00 bits per heavy atom. The fraction of sp³-hybridized carbons (Fsp3) is 0.235. The minimum absolute atomic E-state index is 0.131. The van der Waals surface area contributed by atoms with Gasteiger partial charge in [-0.1, -0.05) is 23.7 Å². The van der Waals surface area contributed by atoms with Crippen LogP contribution in [0.1, 0.15) is 12.5 Å². The topological polar surface area (TPSA) is 50.4 Å². The molecule has 116 valence electrons. The summed E-state index contributed by atoms with van der Waals surface area (Å²) < 4.78 is 5.40. The van der Waals surface area contributed by atoms with Crippen molar-refractivity contribution in [3.05, 3.63) is 53.1 Å². The molecule has 2 aromatic rings.